The van der Waals surface area contributed by atoms with Gasteiger partial charge in [-0.05, 0) is 25.0 Å². The summed E-state index contributed by atoms with van der Waals surface area (Å²) in [5.41, 5.74) is 0.929. The quantitative estimate of drug-likeness (QED) is 0.814. The molecule has 0 radical (unpaired) electrons. The van der Waals surface area contributed by atoms with E-state index in [1.54, 1.807) is 6.26 Å². The molecule has 0 amide bonds. The Morgan fingerprint density at radius 1 is 1.33 bits per heavy atom. The first kappa shape index (κ1) is 11.5. The molecule has 0 aliphatic heterocycles. The average Bonchev–Trinajstić information content (AvgIpc) is 2.89. The van der Waals surface area contributed by atoms with Crippen molar-refractivity contribution in [3.63, 3.8) is 0 Å². The zero-order valence-electron chi connectivity index (χ0n) is 10.1. The van der Waals surface area contributed by atoms with Crippen molar-refractivity contribution >= 4 is 0 Å². The fourth-order valence-electron chi connectivity index (χ4n) is 1.69. The minimum absolute atomic E-state index is 0.414. The highest BCUT2D eigenvalue weighted by Crippen LogP contribution is 2.19. The fourth-order valence-corrected chi connectivity index (χ4v) is 1.69. The Labute approximate surface area is 105 Å². The summed E-state index contributed by atoms with van der Waals surface area (Å²) in [7, 11) is 0. The molecule has 0 spiro atoms. The highest BCUT2D eigenvalue weighted by atomic mass is 16.5. The van der Waals surface area contributed by atoms with Crippen LogP contribution in [-0.4, -0.2) is 11.2 Å². The summed E-state index contributed by atoms with van der Waals surface area (Å²) in [5.74, 6) is 1.55. The first-order valence-corrected chi connectivity index (χ1v) is 6.18. The second-order valence-electron chi connectivity index (χ2n) is 4.51. The topological polar surface area (TPSA) is 60.4 Å². The molecule has 1 saturated carbocycles. The molecule has 2 heterocycles. The monoisotopic (exact) mass is 248 g/mol. The van der Waals surface area contributed by atoms with Gasteiger partial charge in [-0.3, -0.25) is 0 Å². The summed E-state index contributed by atoms with van der Waals surface area (Å²) in [5, 5.41) is 7.38. The van der Waals surface area contributed by atoms with Crippen LogP contribution < -0.4 is 5.32 Å². The molecule has 1 aliphatic carbocycles. The maximum Gasteiger partial charge on any atom is 0.162 e. The van der Waals surface area contributed by atoms with E-state index in [0.29, 0.717) is 19.3 Å². The van der Waals surface area contributed by atoms with E-state index in [4.69, 9.17) is 13.7 Å². The fraction of sp³-hybridized carbons (Fsp3) is 0.462. The normalized spacial score (nSPS) is 15.1. The number of hydrogen-bond donors (Lipinski definition) is 1. The third-order valence-corrected chi connectivity index (χ3v) is 2.83. The van der Waals surface area contributed by atoms with Gasteiger partial charge in [-0.25, -0.2) is 0 Å². The molecular formula is C13H16N2O3. The molecule has 0 saturated heterocycles. The smallest absolute Gasteiger partial charge is 0.162 e. The van der Waals surface area contributed by atoms with Crippen LogP contribution in [0.3, 0.4) is 0 Å². The summed E-state index contributed by atoms with van der Waals surface area (Å²) in [6.45, 7) is 1.63. The molecule has 2 aromatic rings. The molecule has 2 aromatic heterocycles. The van der Waals surface area contributed by atoms with E-state index in [1.807, 2.05) is 18.2 Å². The van der Waals surface area contributed by atoms with Crippen LogP contribution in [0, 0.1) is 0 Å². The van der Waals surface area contributed by atoms with Crippen LogP contribution in [0.4, 0.5) is 0 Å². The van der Waals surface area contributed by atoms with Gasteiger partial charge in [0.15, 0.2) is 5.76 Å². The third-order valence-electron chi connectivity index (χ3n) is 2.83. The Balaban J connectivity index is 1.41. The van der Waals surface area contributed by atoms with Crippen molar-refractivity contribution in [2.24, 2.45) is 0 Å². The van der Waals surface area contributed by atoms with Crippen molar-refractivity contribution in [3.8, 4) is 0 Å². The second kappa shape index (κ2) is 5.37. The van der Waals surface area contributed by atoms with Gasteiger partial charge in [0.2, 0.25) is 0 Å². The largest absolute Gasteiger partial charge is 0.467 e. The van der Waals surface area contributed by atoms with Gasteiger partial charge in [-0.1, -0.05) is 5.16 Å². The molecule has 18 heavy (non-hydrogen) atoms. The zero-order valence-corrected chi connectivity index (χ0v) is 10.1. The number of furan rings is 1. The van der Waals surface area contributed by atoms with Crippen LogP contribution in [0.1, 0.15) is 30.1 Å². The number of ether oxygens (including phenoxy) is 1. The predicted octanol–water partition coefficient (Wildman–Crippen LogP) is 2.24. The molecule has 5 nitrogen and oxygen atoms in total. The van der Waals surface area contributed by atoms with Crippen LogP contribution in [-0.2, 0) is 24.5 Å². The first-order chi connectivity index (χ1) is 8.90. The highest BCUT2D eigenvalue weighted by Gasteiger charge is 2.20. The molecule has 1 fully saturated rings. The Hall–Kier alpha value is -1.59. The van der Waals surface area contributed by atoms with Gasteiger partial charge >= 0.3 is 0 Å². The van der Waals surface area contributed by atoms with Crippen LogP contribution in [0.5, 0.6) is 0 Å². The zero-order chi connectivity index (χ0) is 12.2. The lowest BCUT2D eigenvalue weighted by molar-refractivity contribution is 0.0763. The molecular weight excluding hydrogens is 232 g/mol. The predicted molar refractivity (Wildman–Crippen MR) is 63.6 cm³/mol. The summed E-state index contributed by atoms with van der Waals surface area (Å²) < 4.78 is 15.8. The third kappa shape index (κ3) is 3.21. The van der Waals surface area contributed by atoms with Gasteiger partial charge in [-0.15, -0.1) is 0 Å². The van der Waals surface area contributed by atoms with Gasteiger partial charge in [0, 0.05) is 18.7 Å². The van der Waals surface area contributed by atoms with Crippen LogP contribution in [0.25, 0.3) is 0 Å². The van der Waals surface area contributed by atoms with Gasteiger partial charge in [0.1, 0.15) is 19.0 Å². The summed E-state index contributed by atoms with van der Waals surface area (Å²) in [6.07, 6.45) is 4.18. The Kier molecular flexibility index (Phi) is 3.43. The van der Waals surface area contributed by atoms with Crippen LogP contribution in [0.2, 0.25) is 0 Å². The minimum Gasteiger partial charge on any atom is -0.467 e. The molecule has 1 aliphatic rings. The van der Waals surface area contributed by atoms with Crippen LogP contribution in [0.15, 0.2) is 33.4 Å². The molecule has 0 atom stereocenters. The Morgan fingerprint density at radius 2 is 2.22 bits per heavy atom. The van der Waals surface area contributed by atoms with E-state index in [2.05, 4.69) is 10.5 Å². The highest BCUT2D eigenvalue weighted by molar-refractivity contribution is 5.05. The lowest BCUT2D eigenvalue weighted by Crippen LogP contribution is -2.15. The summed E-state index contributed by atoms with van der Waals surface area (Å²) in [6, 6.07) is 6.33. The maximum atomic E-state index is 5.47. The van der Waals surface area contributed by atoms with Gasteiger partial charge < -0.3 is 19.0 Å². The number of rotatable bonds is 7. The van der Waals surface area contributed by atoms with E-state index < -0.39 is 0 Å². The van der Waals surface area contributed by atoms with Gasteiger partial charge in [0.25, 0.3) is 0 Å². The van der Waals surface area contributed by atoms with E-state index in [9.17, 15) is 0 Å². The van der Waals surface area contributed by atoms with Crippen molar-refractivity contribution in [1.29, 1.82) is 0 Å². The maximum absolute atomic E-state index is 5.47. The van der Waals surface area contributed by atoms with E-state index in [0.717, 1.165) is 23.8 Å². The van der Waals surface area contributed by atoms with Crippen molar-refractivity contribution in [1.82, 2.24) is 10.5 Å². The number of hydrogen-bond acceptors (Lipinski definition) is 5. The lowest BCUT2D eigenvalue weighted by Gasteiger charge is -1.97. The summed E-state index contributed by atoms with van der Waals surface area (Å²) in [4.78, 5) is 0. The number of aromatic nitrogens is 1. The van der Waals surface area contributed by atoms with Crippen molar-refractivity contribution in [2.45, 2.75) is 38.6 Å². The standard InChI is InChI=1S/C13H16N2O3/c1-2-12(17-5-1)8-16-9-13-6-11(15-18-13)7-14-10-3-4-10/h1-2,5-6,10,14H,3-4,7-9H2. The second-order valence-corrected chi connectivity index (χ2v) is 4.51. The molecule has 5 heteroatoms. The molecule has 3 rings (SSSR count). The van der Waals surface area contributed by atoms with E-state index in [-0.39, 0.29) is 0 Å². The lowest BCUT2D eigenvalue weighted by atomic mass is 10.3. The first-order valence-electron chi connectivity index (χ1n) is 6.18. The number of nitrogens with zero attached hydrogens (tertiary/aromatic N) is 1. The minimum atomic E-state index is 0.414. The molecule has 0 unspecified atom stereocenters. The van der Waals surface area contributed by atoms with Crippen LogP contribution >= 0.6 is 0 Å². The van der Waals surface area contributed by atoms with E-state index >= 15 is 0 Å². The van der Waals surface area contributed by atoms with Crippen molar-refractivity contribution in [2.75, 3.05) is 0 Å². The molecule has 96 valence electrons. The SMILES string of the molecule is c1coc(COCc2cc(CNC3CC3)no2)c1. The van der Waals surface area contributed by atoms with E-state index in [1.165, 1.54) is 12.8 Å². The van der Waals surface area contributed by atoms with Gasteiger partial charge in [0.05, 0.1) is 12.0 Å². The number of nitrogens with one attached hydrogen (secondary N) is 1. The Morgan fingerprint density at radius 3 is 3.00 bits per heavy atom. The average molecular weight is 248 g/mol. The van der Waals surface area contributed by atoms with Gasteiger partial charge in [-0.2, -0.15) is 0 Å². The van der Waals surface area contributed by atoms with Crippen molar-refractivity contribution < 1.29 is 13.7 Å². The molecule has 1 N–H and O–H groups in total. The Bertz CT molecular complexity index is 474. The summed E-state index contributed by atoms with van der Waals surface area (Å²) >= 11 is 0. The molecule has 0 aromatic carbocycles. The molecule has 0 bridgehead atoms. The van der Waals surface area contributed by atoms with Crippen molar-refractivity contribution in [3.05, 3.63) is 41.7 Å².